The largest absolute Gasteiger partial charge is 0.333 e. The lowest BCUT2D eigenvalue weighted by atomic mass is 10.1. The van der Waals surface area contributed by atoms with Gasteiger partial charge < -0.3 is 4.90 Å². The molecule has 0 saturated carbocycles. The number of hydrogen-bond donors (Lipinski definition) is 0. The van der Waals surface area contributed by atoms with Crippen LogP contribution in [-0.4, -0.2) is 36.0 Å². The first-order valence-electron chi connectivity index (χ1n) is 6.53. The predicted molar refractivity (Wildman–Crippen MR) is 71.5 cm³/mol. The van der Waals surface area contributed by atoms with Crippen molar-refractivity contribution >= 4 is 23.2 Å². The van der Waals surface area contributed by atoms with Crippen LogP contribution in [-0.2, 0) is 0 Å². The minimum atomic E-state index is 0.0737. The van der Waals surface area contributed by atoms with Gasteiger partial charge in [-0.15, -0.1) is 0 Å². The molecule has 0 N–H and O–H groups in total. The van der Waals surface area contributed by atoms with Gasteiger partial charge >= 0.3 is 0 Å². The van der Waals surface area contributed by atoms with Crippen LogP contribution in [0.25, 0.3) is 0 Å². The van der Waals surface area contributed by atoms with Crippen molar-refractivity contribution in [3.8, 4) is 0 Å². The summed E-state index contributed by atoms with van der Waals surface area (Å²) in [4.78, 5) is 14.6. The molecule has 2 atom stereocenters. The van der Waals surface area contributed by atoms with E-state index in [9.17, 15) is 4.79 Å². The smallest absolute Gasteiger partial charge is 0.256 e. The normalized spacial score (nSPS) is 28.2. The molecule has 98 valence electrons. The van der Waals surface area contributed by atoms with E-state index in [4.69, 9.17) is 11.6 Å². The molecule has 1 saturated heterocycles. The zero-order valence-electron chi connectivity index (χ0n) is 10.3. The number of halogens is 1. The number of carbonyl (C=O) groups excluding carboxylic acids is 1. The summed E-state index contributed by atoms with van der Waals surface area (Å²) >= 11 is 6.04. The van der Waals surface area contributed by atoms with Crippen LogP contribution in [0.4, 0.5) is 5.69 Å². The quantitative estimate of drug-likeness (QED) is 0.731. The second-order valence-electron chi connectivity index (χ2n) is 5.19. The van der Waals surface area contributed by atoms with Crippen LogP contribution in [0, 0.1) is 0 Å². The highest BCUT2D eigenvalue weighted by Gasteiger charge is 2.44. The highest BCUT2D eigenvalue weighted by atomic mass is 35.5. The van der Waals surface area contributed by atoms with E-state index in [0.29, 0.717) is 17.1 Å². The third kappa shape index (κ3) is 1.51. The van der Waals surface area contributed by atoms with E-state index in [1.54, 1.807) is 12.1 Å². The second-order valence-corrected chi connectivity index (χ2v) is 5.63. The molecule has 19 heavy (non-hydrogen) atoms. The maximum absolute atomic E-state index is 12.7. The van der Waals surface area contributed by atoms with Crippen LogP contribution in [0.2, 0.25) is 5.02 Å². The zero-order chi connectivity index (χ0) is 13.0. The van der Waals surface area contributed by atoms with Crippen molar-refractivity contribution < 1.29 is 4.79 Å². The Bertz CT molecular complexity index is 588. The number of benzene rings is 1. The minimum absolute atomic E-state index is 0.0737. The van der Waals surface area contributed by atoms with Gasteiger partial charge in [-0.1, -0.05) is 16.8 Å². The standard InChI is InChI=1S/C13H13ClN4O/c14-8-3-4-10-9(6-8)13(19)17-5-1-2-11(17)12-7-15-16-18(10)12/h3-4,6,11-12H,1-2,5,7H2/t11-,12-/m0/s1. The number of nitrogens with zero attached hydrogens (tertiary/aromatic N) is 4. The molecule has 3 aliphatic heterocycles. The SMILES string of the molecule is O=C1c2cc(Cl)ccc2N2N=NC[C@H]2[C@@H]2CCCN12. The number of anilines is 1. The molecule has 1 fully saturated rings. The topological polar surface area (TPSA) is 48.3 Å². The Balaban J connectivity index is 1.92. The number of fused-ring (bicyclic) bond motifs is 5. The average Bonchev–Trinajstić information content (AvgIpc) is 3.04. The molecule has 6 heteroatoms. The molecule has 3 aliphatic rings. The fraction of sp³-hybridized carbons (Fsp3) is 0.462. The summed E-state index contributed by atoms with van der Waals surface area (Å²) in [6, 6.07) is 5.80. The van der Waals surface area contributed by atoms with Gasteiger partial charge in [-0.05, 0) is 31.0 Å². The first kappa shape index (κ1) is 11.2. The number of rotatable bonds is 0. The first-order valence-corrected chi connectivity index (χ1v) is 6.91. The number of amides is 1. The van der Waals surface area contributed by atoms with Gasteiger partial charge in [0.25, 0.3) is 5.91 Å². The predicted octanol–water partition coefficient (Wildman–Crippen LogP) is 2.51. The van der Waals surface area contributed by atoms with E-state index in [1.807, 2.05) is 16.0 Å². The van der Waals surface area contributed by atoms with Crippen LogP contribution in [0.1, 0.15) is 23.2 Å². The molecule has 0 unspecified atom stereocenters. The fourth-order valence-corrected chi connectivity index (χ4v) is 3.49. The summed E-state index contributed by atoms with van der Waals surface area (Å²) in [5.41, 5.74) is 1.47. The van der Waals surface area contributed by atoms with Gasteiger partial charge in [0.15, 0.2) is 0 Å². The summed E-state index contributed by atoms with van der Waals surface area (Å²) in [6.45, 7) is 1.48. The van der Waals surface area contributed by atoms with Gasteiger partial charge in [-0.3, -0.25) is 4.79 Å². The summed E-state index contributed by atoms with van der Waals surface area (Å²) in [7, 11) is 0. The fourth-order valence-electron chi connectivity index (χ4n) is 3.32. The lowest BCUT2D eigenvalue weighted by molar-refractivity contribution is 0.0731. The summed E-state index contributed by atoms with van der Waals surface area (Å²) in [5, 5.41) is 10.9. The molecule has 0 aromatic heterocycles. The van der Waals surface area contributed by atoms with Crippen molar-refractivity contribution in [1.82, 2.24) is 4.90 Å². The molecule has 4 rings (SSSR count). The van der Waals surface area contributed by atoms with E-state index < -0.39 is 0 Å². The van der Waals surface area contributed by atoms with Crippen LogP contribution < -0.4 is 5.01 Å². The molecule has 1 aromatic carbocycles. The molecule has 0 radical (unpaired) electrons. The Morgan fingerprint density at radius 2 is 2.21 bits per heavy atom. The highest BCUT2D eigenvalue weighted by Crippen LogP contribution is 2.38. The summed E-state index contributed by atoms with van der Waals surface area (Å²) in [6.07, 6.45) is 2.08. The molecule has 0 spiro atoms. The Morgan fingerprint density at radius 1 is 1.32 bits per heavy atom. The van der Waals surface area contributed by atoms with Crippen LogP contribution in [0.3, 0.4) is 0 Å². The Labute approximate surface area is 115 Å². The van der Waals surface area contributed by atoms with E-state index >= 15 is 0 Å². The molecule has 3 heterocycles. The third-order valence-corrected chi connectivity index (χ3v) is 4.42. The monoisotopic (exact) mass is 276 g/mol. The molecular formula is C13H13ClN4O. The van der Waals surface area contributed by atoms with Gasteiger partial charge in [0.1, 0.15) is 0 Å². The zero-order valence-corrected chi connectivity index (χ0v) is 11.0. The van der Waals surface area contributed by atoms with Gasteiger partial charge in [0.05, 0.1) is 29.9 Å². The van der Waals surface area contributed by atoms with E-state index in [2.05, 4.69) is 10.3 Å². The van der Waals surface area contributed by atoms with Crippen LogP contribution >= 0.6 is 11.6 Å². The van der Waals surface area contributed by atoms with Gasteiger partial charge in [0, 0.05) is 11.6 Å². The second kappa shape index (κ2) is 3.93. The number of hydrogen-bond acceptors (Lipinski definition) is 4. The van der Waals surface area contributed by atoms with Gasteiger partial charge in [-0.2, -0.15) is 5.11 Å². The third-order valence-electron chi connectivity index (χ3n) is 4.18. The minimum Gasteiger partial charge on any atom is -0.333 e. The van der Waals surface area contributed by atoms with Crippen LogP contribution in [0.5, 0.6) is 0 Å². The van der Waals surface area contributed by atoms with Crippen molar-refractivity contribution in [3.63, 3.8) is 0 Å². The highest BCUT2D eigenvalue weighted by molar-refractivity contribution is 6.31. The average molecular weight is 277 g/mol. The molecule has 0 aliphatic carbocycles. The van der Waals surface area contributed by atoms with Gasteiger partial charge in [-0.25, -0.2) is 5.01 Å². The van der Waals surface area contributed by atoms with E-state index in [1.165, 1.54) is 0 Å². The molecule has 1 aromatic rings. The lowest BCUT2D eigenvalue weighted by Crippen LogP contribution is -2.46. The Morgan fingerprint density at radius 3 is 3.11 bits per heavy atom. The molecule has 5 nitrogen and oxygen atoms in total. The Kier molecular flexibility index (Phi) is 2.33. The first-order chi connectivity index (χ1) is 9.25. The van der Waals surface area contributed by atoms with E-state index in [-0.39, 0.29) is 18.0 Å². The molecular weight excluding hydrogens is 264 g/mol. The van der Waals surface area contributed by atoms with Crippen molar-refractivity contribution in [2.45, 2.75) is 24.9 Å². The lowest BCUT2D eigenvalue weighted by Gasteiger charge is -2.28. The van der Waals surface area contributed by atoms with Gasteiger partial charge in [0.2, 0.25) is 0 Å². The van der Waals surface area contributed by atoms with E-state index in [0.717, 1.165) is 25.1 Å². The Hall–Kier alpha value is -1.62. The van der Waals surface area contributed by atoms with Crippen molar-refractivity contribution in [2.24, 2.45) is 10.3 Å². The maximum Gasteiger partial charge on any atom is 0.256 e. The summed E-state index contributed by atoms with van der Waals surface area (Å²) in [5.74, 6) is 0.0737. The molecule has 0 bridgehead atoms. The summed E-state index contributed by atoms with van der Waals surface area (Å²) < 4.78 is 0. The van der Waals surface area contributed by atoms with Crippen molar-refractivity contribution in [1.29, 1.82) is 0 Å². The number of carbonyl (C=O) groups is 1. The van der Waals surface area contributed by atoms with Crippen molar-refractivity contribution in [3.05, 3.63) is 28.8 Å². The van der Waals surface area contributed by atoms with Crippen molar-refractivity contribution in [2.75, 3.05) is 18.1 Å². The maximum atomic E-state index is 12.7. The molecule has 1 amide bonds. The van der Waals surface area contributed by atoms with Crippen LogP contribution in [0.15, 0.2) is 28.5 Å².